The molecule has 0 aromatic heterocycles. The van der Waals surface area contributed by atoms with Gasteiger partial charge in [0.1, 0.15) is 6.04 Å². The fraction of sp³-hybridized carbons (Fsp3) is 0.310. The van der Waals surface area contributed by atoms with Gasteiger partial charge in [-0.25, -0.2) is 13.2 Å². The summed E-state index contributed by atoms with van der Waals surface area (Å²) in [6, 6.07) is 15.2. The summed E-state index contributed by atoms with van der Waals surface area (Å²) in [6.07, 6.45) is -4.64. The summed E-state index contributed by atoms with van der Waals surface area (Å²) in [7, 11) is -4.40. The van der Waals surface area contributed by atoms with Crippen LogP contribution in [0.25, 0.3) is 0 Å². The van der Waals surface area contributed by atoms with Crippen molar-refractivity contribution in [3.05, 3.63) is 94.5 Å². The fourth-order valence-corrected chi connectivity index (χ4v) is 6.16. The number of piperazine rings is 1. The third kappa shape index (κ3) is 7.42. The second-order valence-electron chi connectivity index (χ2n) is 10.2. The topological polar surface area (TPSA) is 98.8 Å². The molecule has 4 rings (SSSR count). The molecule has 13 heteroatoms. The third-order valence-corrected chi connectivity index (χ3v) is 9.09. The summed E-state index contributed by atoms with van der Waals surface area (Å²) in [5.74, 6) is -0.327. The first kappa shape index (κ1) is 31.3. The fourth-order valence-electron chi connectivity index (χ4n) is 4.47. The molecule has 1 heterocycles. The molecule has 1 aliphatic heterocycles. The number of alkyl halides is 3. The summed E-state index contributed by atoms with van der Waals surface area (Å²) >= 11 is 5.90. The molecule has 1 saturated heterocycles. The maximum Gasteiger partial charge on any atom is 0.416 e. The highest BCUT2D eigenvalue weighted by Gasteiger charge is 2.41. The number of hydrogen-bond acceptors (Lipinski definition) is 4. The average Bonchev–Trinajstić information content (AvgIpc) is 2.96. The van der Waals surface area contributed by atoms with Crippen molar-refractivity contribution >= 4 is 39.2 Å². The number of hydrogen-bond donors (Lipinski definition) is 2. The van der Waals surface area contributed by atoms with Crippen molar-refractivity contribution in [1.82, 2.24) is 14.5 Å². The molecule has 1 atom stereocenters. The lowest BCUT2D eigenvalue weighted by Gasteiger charge is -2.39. The van der Waals surface area contributed by atoms with Crippen LogP contribution in [0.2, 0.25) is 5.02 Å². The van der Waals surface area contributed by atoms with Crippen molar-refractivity contribution in [3.8, 4) is 0 Å². The molecule has 1 aliphatic rings. The van der Waals surface area contributed by atoms with E-state index in [1.165, 1.54) is 4.90 Å². The van der Waals surface area contributed by atoms with E-state index >= 15 is 0 Å². The second-order valence-corrected chi connectivity index (χ2v) is 12.5. The lowest BCUT2D eigenvalue weighted by Crippen LogP contribution is -2.61. The SMILES string of the molecule is CC(C)c1ccc(CNC(=O)[C@H]2CN(C(=O)Nc3ccc(Cl)cc3)CCN2S(=O)(=O)c2ccc(C(F)(F)F)cc2)cc1. The molecular weight excluding hydrogens is 593 g/mol. The smallest absolute Gasteiger partial charge is 0.351 e. The predicted molar refractivity (Wildman–Crippen MR) is 154 cm³/mol. The van der Waals surface area contributed by atoms with Crippen molar-refractivity contribution in [1.29, 1.82) is 0 Å². The van der Waals surface area contributed by atoms with Crippen LogP contribution >= 0.6 is 11.6 Å². The number of sulfonamides is 1. The van der Waals surface area contributed by atoms with Gasteiger partial charge in [-0.3, -0.25) is 4.79 Å². The van der Waals surface area contributed by atoms with Crippen LogP contribution in [0.1, 0.15) is 36.5 Å². The van der Waals surface area contributed by atoms with E-state index in [0.29, 0.717) is 28.8 Å². The Morgan fingerprint density at radius 2 is 1.57 bits per heavy atom. The number of carbonyl (C=O) groups is 2. The number of carbonyl (C=O) groups excluding carboxylic acids is 2. The van der Waals surface area contributed by atoms with Gasteiger partial charge in [-0.15, -0.1) is 0 Å². The number of benzene rings is 3. The lowest BCUT2D eigenvalue weighted by molar-refractivity contribution is -0.137. The van der Waals surface area contributed by atoms with E-state index in [9.17, 15) is 31.2 Å². The quantitative estimate of drug-likeness (QED) is 0.353. The number of nitrogens with zero attached hydrogens (tertiary/aromatic N) is 2. The molecule has 3 aromatic rings. The van der Waals surface area contributed by atoms with Gasteiger partial charge < -0.3 is 15.5 Å². The summed E-state index contributed by atoms with van der Waals surface area (Å²) in [5.41, 5.74) is 1.37. The first-order chi connectivity index (χ1) is 19.8. The van der Waals surface area contributed by atoms with Gasteiger partial charge in [0.15, 0.2) is 0 Å². The van der Waals surface area contributed by atoms with Crippen LogP contribution in [0, 0.1) is 0 Å². The molecule has 0 bridgehead atoms. The third-order valence-electron chi connectivity index (χ3n) is 6.92. The highest BCUT2D eigenvalue weighted by Crippen LogP contribution is 2.31. The van der Waals surface area contributed by atoms with Gasteiger partial charge in [0.05, 0.1) is 10.5 Å². The molecule has 1 fully saturated rings. The first-order valence-electron chi connectivity index (χ1n) is 13.1. The molecule has 0 unspecified atom stereocenters. The van der Waals surface area contributed by atoms with E-state index in [1.807, 2.05) is 24.3 Å². The van der Waals surface area contributed by atoms with Gasteiger partial charge in [-0.1, -0.05) is 49.7 Å². The Bertz CT molecular complexity index is 1510. The Labute approximate surface area is 247 Å². The number of anilines is 1. The highest BCUT2D eigenvalue weighted by atomic mass is 35.5. The van der Waals surface area contributed by atoms with Crippen LogP contribution in [0.15, 0.2) is 77.7 Å². The van der Waals surface area contributed by atoms with Crippen LogP contribution in [0.4, 0.5) is 23.7 Å². The summed E-state index contributed by atoms with van der Waals surface area (Å²) in [5, 5.41) is 5.92. The van der Waals surface area contributed by atoms with Gasteiger partial charge in [0.2, 0.25) is 15.9 Å². The van der Waals surface area contributed by atoms with Crippen molar-refractivity contribution < 1.29 is 31.2 Å². The molecule has 0 radical (unpaired) electrons. The largest absolute Gasteiger partial charge is 0.416 e. The van der Waals surface area contributed by atoms with Crippen LogP contribution in [-0.4, -0.2) is 55.2 Å². The molecule has 3 aromatic carbocycles. The van der Waals surface area contributed by atoms with Gasteiger partial charge in [-0.05, 0) is 65.6 Å². The number of rotatable bonds is 7. The standard InChI is InChI=1S/C29H30ClF3N4O4S/c1-19(2)21-5-3-20(4-6-21)17-34-27(38)26-18-36(28(39)35-24-11-9-23(30)10-12-24)15-16-37(26)42(40,41)25-13-7-22(8-14-25)29(31,32)33/h3-14,19,26H,15-18H2,1-2H3,(H,34,38)(H,35,39)/t26-/m1/s1. The Hall–Kier alpha value is -3.61. The van der Waals surface area contributed by atoms with Gasteiger partial charge in [0.25, 0.3) is 0 Å². The number of urea groups is 1. The molecule has 3 amide bonds. The van der Waals surface area contributed by atoms with Crippen LogP contribution in [0.5, 0.6) is 0 Å². The molecule has 0 saturated carbocycles. The second kappa shape index (κ2) is 12.7. The lowest BCUT2D eigenvalue weighted by atomic mass is 10.0. The zero-order chi connectivity index (χ0) is 30.7. The molecule has 2 N–H and O–H groups in total. The Balaban J connectivity index is 1.56. The van der Waals surface area contributed by atoms with E-state index in [0.717, 1.165) is 27.6 Å². The molecular formula is C29H30ClF3N4O4S. The molecule has 224 valence electrons. The molecule has 0 spiro atoms. The predicted octanol–water partition coefficient (Wildman–Crippen LogP) is 5.71. The minimum Gasteiger partial charge on any atom is -0.351 e. The monoisotopic (exact) mass is 622 g/mol. The Morgan fingerprint density at radius 1 is 0.952 bits per heavy atom. The van der Waals surface area contributed by atoms with Crippen molar-refractivity contribution in [2.24, 2.45) is 0 Å². The first-order valence-corrected chi connectivity index (χ1v) is 14.9. The van der Waals surface area contributed by atoms with Crippen molar-refractivity contribution in [2.75, 3.05) is 25.0 Å². The van der Waals surface area contributed by atoms with E-state index in [-0.39, 0.29) is 26.2 Å². The van der Waals surface area contributed by atoms with E-state index in [1.54, 1.807) is 24.3 Å². The number of halogens is 4. The highest BCUT2D eigenvalue weighted by molar-refractivity contribution is 7.89. The Morgan fingerprint density at radius 3 is 2.14 bits per heavy atom. The summed E-state index contributed by atoms with van der Waals surface area (Å²) < 4.78 is 67.2. The zero-order valence-corrected chi connectivity index (χ0v) is 24.4. The van der Waals surface area contributed by atoms with Gasteiger partial charge in [-0.2, -0.15) is 17.5 Å². The molecule has 0 aliphatic carbocycles. The van der Waals surface area contributed by atoms with Crippen molar-refractivity contribution in [2.45, 2.75) is 43.4 Å². The average molecular weight is 623 g/mol. The summed E-state index contributed by atoms with van der Waals surface area (Å²) in [6.45, 7) is 3.63. The van der Waals surface area contributed by atoms with E-state index in [4.69, 9.17) is 11.6 Å². The van der Waals surface area contributed by atoms with Gasteiger partial charge >= 0.3 is 12.2 Å². The normalized spacial score (nSPS) is 16.4. The van der Waals surface area contributed by atoms with Gasteiger partial charge in [0, 0.05) is 36.9 Å². The zero-order valence-electron chi connectivity index (χ0n) is 22.9. The minimum atomic E-state index is -4.64. The maximum absolute atomic E-state index is 13.6. The van der Waals surface area contributed by atoms with Crippen molar-refractivity contribution in [3.63, 3.8) is 0 Å². The minimum absolute atomic E-state index is 0.0558. The number of amides is 3. The van der Waals surface area contributed by atoms with Crippen LogP contribution in [0.3, 0.4) is 0 Å². The molecule has 8 nitrogen and oxygen atoms in total. The summed E-state index contributed by atoms with van der Waals surface area (Å²) in [4.78, 5) is 27.4. The van der Waals surface area contributed by atoms with E-state index in [2.05, 4.69) is 24.5 Å². The van der Waals surface area contributed by atoms with Crippen LogP contribution < -0.4 is 10.6 Å². The number of nitrogens with one attached hydrogen (secondary N) is 2. The Kier molecular flexibility index (Phi) is 9.49. The van der Waals surface area contributed by atoms with Crippen LogP contribution in [-0.2, 0) is 27.5 Å². The van der Waals surface area contributed by atoms with E-state index < -0.39 is 44.6 Å². The molecule has 42 heavy (non-hydrogen) atoms. The maximum atomic E-state index is 13.6.